The standard InChI is InChI=1S/C39H77NO4/c1-3-5-7-9-11-13-14-15-16-17-18-19-20-21-22-23-24-26-27-29-31-33-37(42)39(44)36(35-41)40-38(43)34-32-30-28-25-12-10-8-6-4-2/h25,28,36-37,39,41-42,44H,3-24,26-27,29-35H2,1-2H3,(H,40,43)/b28-25-. The Balaban J connectivity index is 3.59. The van der Waals surface area contributed by atoms with Gasteiger partial charge in [0, 0.05) is 6.42 Å². The smallest absolute Gasteiger partial charge is 0.220 e. The number of hydrogen-bond acceptors (Lipinski definition) is 4. The first-order chi connectivity index (χ1) is 21.6. The molecule has 5 nitrogen and oxygen atoms in total. The number of aliphatic hydroxyl groups is 3. The largest absolute Gasteiger partial charge is 0.394 e. The number of carbonyl (C=O) groups is 1. The lowest BCUT2D eigenvalue weighted by molar-refractivity contribution is -0.124. The third-order valence-corrected chi connectivity index (χ3v) is 9.12. The van der Waals surface area contributed by atoms with Crippen molar-refractivity contribution in [3.8, 4) is 0 Å². The Morgan fingerprint density at radius 2 is 0.909 bits per heavy atom. The second-order valence-corrected chi connectivity index (χ2v) is 13.5. The summed E-state index contributed by atoms with van der Waals surface area (Å²) in [4.78, 5) is 12.3. The molecule has 262 valence electrons. The van der Waals surface area contributed by atoms with Crippen molar-refractivity contribution >= 4 is 5.91 Å². The molecule has 0 saturated carbocycles. The molecular formula is C39H77NO4. The molecule has 5 heteroatoms. The molecule has 0 aliphatic rings. The van der Waals surface area contributed by atoms with Crippen LogP contribution in [0.15, 0.2) is 12.2 Å². The van der Waals surface area contributed by atoms with E-state index in [0.717, 1.165) is 38.5 Å². The van der Waals surface area contributed by atoms with E-state index in [0.29, 0.717) is 12.8 Å². The van der Waals surface area contributed by atoms with Gasteiger partial charge in [0.1, 0.15) is 6.10 Å². The number of amides is 1. The van der Waals surface area contributed by atoms with Crippen LogP contribution in [-0.2, 0) is 4.79 Å². The van der Waals surface area contributed by atoms with Crippen LogP contribution in [0.1, 0.15) is 206 Å². The van der Waals surface area contributed by atoms with Gasteiger partial charge in [0.2, 0.25) is 5.91 Å². The first-order valence-corrected chi connectivity index (χ1v) is 19.5. The van der Waals surface area contributed by atoms with E-state index in [-0.39, 0.29) is 12.5 Å². The van der Waals surface area contributed by atoms with E-state index in [1.54, 1.807) is 0 Å². The van der Waals surface area contributed by atoms with Gasteiger partial charge in [0.05, 0.1) is 18.8 Å². The van der Waals surface area contributed by atoms with Crippen LogP contribution in [0.2, 0.25) is 0 Å². The van der Waals surface area contributed by atoms with Crippen molar-refractivity contribution in [1.82, 2.24) is 5.32 Å². The summed E-state index contributed by atoms with van der Waals surface area (Å²) in [5.41, 5.74) is 0. The van der Waals surface area contributed by atoms with Gasteiger partial charge in [-0.15, -0.1) is 0 Å². The number of aliphatic hydroxyl groups excluding tert-OH is 3. The van der Waals surface area contributed by atoms with Crippen molar-refractivity contribution in [2.45, 2.75) is 225 Å². The minimum absolute atomic E-state index is 0.180. The Kier molecular flexibility index (Phi) is 34.2. The fourth-order valence-electron chi connectivity index (χ4n) is 6.05. The molecule has 0 radical (unpaired) electrons. The van der Waals surface area contributed by atoms with Gasteiger partial charge < -0.3 is 20.6 Å². The normalized spacial score (nSPS) is 13.8. The van der Waals surface area contributed by atoms with Gasteiger partial charge in [0.25, 0.3) is 0 Å². The molecule has 0 saturated heterocycles. The van der Waals surface area contributed by atoms with E-state index >= 15 is 0 Å². The molecule has 0 aliphatic heterocycles. The zero-order valence-corrected chi connectivity index (χ0v) is 29.6. The maximum Gasteiger partial charge on any atom is 0.220 e. The van der Waals surface area contributed by atoms with Gasteiger partial charge in [0.15, 0.2) is 0 Å². The second-order valence-electron chi connectivity index (χ2n) is 13.5. The summed E-state index contributed by atoms with van der Waals surface area (Å²) in [7, 11) is 0. The van der Waals surface area contributed by atoms with Crippen LogP contribution in [0.3, 0.4) is 0 Å². The van der Waals surface area contributed by atoms with Crippen molar-refractivity contribution in [3.63, 3.8) is 0 Å². The number of unbranched alkanes of at least 4 members (excludes halogenated alkanes) is 25. The predicted octanol–water partition coefficient (Wildman–Crippen LogP) is 10.5. The summed E-state index contributed by atoms with van der Waals surface area (Å²) in [5.74, 6) is -0.180. The van der Waals surface area contributed by atoms with E-state index in [2.05, 4.69) is 31.3 Å². The van der Waals surface area contributed by atoms with Crippen LogP contribution in [0, 0.1) is 0 Å². The highest BCUT2D eigenvalue weighted by molar-refractivity contribution is 5.76. The summed E-state index contributed by atoms with van der Waals surface area (Å²) in [6, 6.07) is -0.818. The minimum Gasteiger partial charge on any atom is -0.394 e. The molecule has 4 N–H and O–H groups in total. The molecule has 0 aromatic heterocycles. The highest BCUT2D eigenvalue weighted by Gasteiger charge is 2.26. The number of hydrogen-bond donors (Lipinski definition) is 4. The topological polar surface area (TPSA) is 89.8 Å². The molecular weight excluding hydrogens is 546 g/mol. The lowest BCUT2D eigenvalue weighted by atomic mass is 9.99. The van der Waals surface area contributed by atoms with Crippen LogP contribution in [0.5, 0.6) is 0 Å². The van der Waals surface area contributed by atoms with Gasteiger partial charge in [-0.2, -0.15) is 0 Å². The second kappa shape index (κ2) is 35.0. The predicted molar refractivity (Wildman–Crippen MR) is 190 cm³/mol. The third kappa shape index (κ3) is 29.8. The molecule has 0 heterocycles. The molecule has 0 aromatic carbocycles. The maximum absolute atomic E-state index is 12.3. The highest BCUT2D eigenvalue weighted by Crippen LogP contribution is 2.16. The highest BCUT2D eigenvalue weighted by atomic mass is 16.3. The van der Waals surface area contributed by atoms with Crippen molar-refractivity contribution in [2.75, 3.05) is 6.61 Å². The molecule has 0 spiro atoms. The van der Waals surface area contributed by atoms with E-state index in [9.17, 15) is 20.1 Å². The van der Waals surface area contributed by atoms with E-state index in [1.165, 1.54) is 141 Å². The van der Waals surface area contributed by atoms with E-state index < -0.39 is 18.2 Å². The van der Waals surface area contributed by atoms with Crippen molar-refractivity contribution in [3.05, 3.63) is 12.2 Å². The summed E-state index contributed by atoms with van der Waals surface area (Å²) in [6.07, 6.45) is 39.0. The summed E-state index contributed by atoms with van der Waals surface area (Å²) in [6.45, 7) is 4.13. The fraction of sp³-hybridized carbons (Fsp3) is 0.923. The van der Waals surface area contributed by atoms with Gasteiger partial charge in [-0.05, 0) is 32.1 Å². The Hall–Kier alpha value is -0.910. The fourth-order valence-corrected chi connectivity index (χ4v) is 6.05. The lowest BCUT2D eigenvalue weighted by Crippen LogP contribution is -2.50. The molecule has 3 unspecified atom stereocenters. The van der Waals surface area contributed by atoms with Crippen LogP contribution in [0.4, 0.5) is 0 Å². The molecule has 44 heavy (non-hydrogen) atoms. The average molecular weight is 624 g/mol. The van der Waals surface area contributed by atoms with Gasteiger partial charge in [-0.25, -0.2) is 0 Å². The molecule has 1 amide bonds. The summed E-state index contributed by atoms with van der Waals surface area (Å²) in [5, 5.41) is 33.3. The van der Waals surface area contributed by atoms with Gasteiger partial charge in [-0.3, -0.25) is 4.79 Å². The summed E-state index contributed by atoms with van der Waals surface area (Å²) >= 11 is 0. The number of rotatable bonds is 35. The molecule has 3 atom stereocenters. The van der Waals surface area contributed by atoms with Gasteiger partial charge >= 0.3 is 0 Å². The van der Waals surface area contributed by atoms with Crippen molar-refractivity contribution in [1.29, 1.82) is 0 Å². The maximum atomic E-state index is 12.3. The first kappa shape index (κ1) is 43.1. The van der Waals surface area contributed by atoms with Crippen molar-refractivity contribution in [2.24, 2.45) is 0 Å². The molecule has 0 bridgehead atoms. The van der Waals surface area contributed by atoms with Crippen LogP contribution in [-0.4, -0.2) is 46.1 Å². The zero-order chi connectivity index (χ0) is 32.4. The molecule has 0 rings (SSSR count). The Morgan fingerprint density at radius 3 is 1.32 bits per heavy atom. The average Bonchev–Trinajstić information content (AvgIpc) is 3.03. The van der Waals surface area contributed by atoms with Gasteiger partial charge in [-0.1, -0.05) is 180 Å². The van der Waals surface area contributed by atoms with E-state index in [4.69, 9.17) is 0 Å². The quantitative estimate of drug-likeness (QED) is 0.0418. The SMILES string of the molecule is CCCCCC/C=C\CCCC(=O)NC(CO)C(O)C(O)CCCCCCCCCCCCCCCCCCCCCCC. The molecule has 0 aromatic rings. The van der Waals surface area contributed by atoms with Crippen LogP contribution < -0.4 is 5.32 Å². The lowest BCUT2D eigenvalue weighted by Gasteiger charge is -2.26. The van der Waals surface area contributed by atoms with E-state index in [1.807, 2.05) is 0 Å². The third-order valence-electron chi connectivity index (χ3n) is 9.12. The minimum atomic E-state index is -1.14. The molecule has 0 aliphatic carbocycles. The monoisotopic (exact) mass is 624 g/mol. The Labute approximate surface area is 274 Å². The number of nitrogens with one attached hydrogen (secondary N) is 1. The molecule has 0 fully saturated rings. The Morgan fingerprint density at radius 1 is 0.545 bits per heavy atom. The first-order valence-electron chi connectivity index (χ1n) is 19.5. The Bertz CT molecular complexity index is 611. The zero-order valence-electron chi connectivity index (χ0n) is 29.6. The van der Waals surface area contributed by atoms with Crippen molar-refractivity contribution < 1.29 is 20.1 Å². The summed E-state index contributed by atoms with van der Waals surface area (Å²) < 4.78 is 0. The van der Waals surface area contributed by atoms with Crippen LogP contribution >= 0.6 is 0 Å². The number of allylic oxidation sites excluding steroid dienone is 2. The number of carbonyl (C=O) groups excluding carboxylic acids is 1. The van der Waals surface area contributed by atoms with Crippen LogP contribution in [0.25, 0.3) is 0 Å².